The van der Waals surface area contributed by atoms with Crippen molar-refractivity contribution in [3.63, 3.8) is 0 Å². The second-order valence-corrected chi connectivity index (χ2v) is 10.6. The summed E-state index contributed by atoms with van der Waals surface area (Å²) in [7, 11) is 1.29. The number of hydrogen-bond donors (Lipinski definition) is 1. The zero-order valence-corrected chi connectivity index (χ0v) is 25.3. The van der Waals surface area contributed by atoms with Crippen LogP contribution in [0.25, 0.3) is 5.70 Å². The van der Waals surface area contributed by atoms with Gasteiger partial charge in [0.15, 0.2) is 0 Å². The summed E-state index contributed by atoms with van der Waals surface area (Å²) >= 11 is 0. The number of aliphatic hydroxyl groups is 1. The molecule has 1 aliphatic rings. The van der Waals surface area contributed by atoms with Crippen LogP contribution in [0.3, 0.4) is 0 Å². The average Bonchev–Trinajstić information content (AvgIpc) is 3.39. The molecular weight excluding hydrogens is 572 g/mol. The van der Waals surface area contributed by atoms with Crippen LogP contribution in [-0.2, 0) is 9.53 Å². The van der Waals surface area contributed by atoms with Crippen molar-refractivity contribution >= 4 is 28.8 Å². The number of benzene rings is 5. The number of hydrazone groups is 1. The molecule has 0 bridgehead atoms. The normalized spacial score (nSPS) is 16.4. The second-order valence-electron chi connectivity index (χ2n) is 10.6. The lowest BCUT2D eigenvalue weighted by molar-refractivity contribution is -0.147. The molecule has 0 saturated heterocycles. The van der Waals surface area contributed by atoms with E-state index in [1.807, 2.05) is 152 Å². The standard InChI is InChI=1S/C39H32N4O3/c1-46-36(44)28-39(45)35(40-41-37(30-19-9-3-10-20-30)31-21-11-4-12-22-31)27-34(29-17-7-2-8-18-29)43(39)42-38(32-23-13-5-14-24-32)33-25-15-6-16-26-33/h2-27,45H,28H2,1H3. The Hall–Kier alpha value is -5.92. The fourth-order valence-electron chi connectivity index (χ4n) is 5.27. The Bertz CT molecular complexity index is 1820. The molecule has 1 unspecified atom stereocenters. The second kappa shape index (κ2) is 13.8. The molecule has 0 fully saturated rings. The van der Waals surface area contributed by atoms with Crippen LogP contribution in [0.5, 0.6) is 0 Å². The van der Waals surface area contributed by atoms with Gasteiger partial charge in [0.25, 0.3) is 0 Å². The molecule has 226 valence electrons. The lowest BCUT2D eigenvalue weighted by atomic mass is 10.0. The summed E-state index contributed by atoms with van der Waals surface area (Å²) in [5.41, 5.74) is 4.02. The van der Waals surface area contributed by atoms with Gasteiger partial charge >= 0.3 is 5.97 Å². The summed E-state index contributed by atoms with van der Waals surface area (Å²) in [6, 6.07) is 48.4. The third-order valence-electron chi connectivity index (χ3n) is 7.60. The van der Waals surface area contributed by atoms with E-state index in [0.29, 0.717) is 17.1 Å². The highest BCUT2D eigenvalue weighted by Gasteiger charge is 2.49. The summed E-state index contributed by atoms with van der Waals surface area (Å²) in [6.07, 6.45) is 1.28. The van der Waals surface area contributed by atoms with Crippen molar-refractivity contribution in [2.75, 3.05) is 7.11 Å². The monoisotopic (exact) mass is 604 g/mol. The molecule has 0 spiro atoms. The Morgan fingerprint density at radius 2 is 1.07 bits per heavy atom. The van der Waals surface area contributed by atoms with Crippen LogP contribution in [0.4, 0.5) is 0 Å². The number of rotatable bonds is 9. The Morgan fingerprint density at radius 1 is 0.652 bits per heavy atom. The smallest absolute Gasteiger partial charge is 0.310 e. The molecule has 1 aliphatic heterocycles. The number of ether oxygens (including phenoxy) is 1. The molecule has 1 heterocycles. The van der Waals surface area contributed by atoms with Crippen molar-refractivity contribution in [3.8, 4) is 0 Å². The summed E-state index contributed by atoms with van der Waals surface area (Å²) in [5.74, 6) is -0.630. The molecule has 46 heavy (non-hydrogen) atoms. The number of carbonyl (C=O) groups excluding carboxylic acids is 1. The van der Waals surface area contributed by atoms with Gasteiger partial charge in [-0.05, 0) is 11.6 Å². The molecule has 0 aliphatic carbocycles. The quantitative estimate of drug-likeness (QED) is 0.112. The van der Waals surface area contributed by atoms with Crippen LogP contribution < -0.4 is 0 Å². The Kier molecular flexibility index (Phi) is 9.04. The zero-order valence-electron chi connectivity index (χ0n) is 25.3. The molecule has 7 heteroatoms. The van der Waals surface area contributed by atoms with Gasteiger partial charge in [-0.25, -0.2) is 5.01 Å². The lowest BCUT2D eigenvalue weighted by Gasteiger charge is -2.33. The maximum absolute atomic E-state index is 12.9. The van der Waals surface area contributed by atoms with E-state index in [1.54, 1.807) is 6.08 Å². The van der Waals surface area contributed by atoms with Gasteiger partial charge in [0.1, 0.15) is 17.8 Å². The van der Waals surface area contributed by atoms with Crippen LogP contribution in [0.2, 0.25) is 0 Å². The van der Waals surface area contributed by atoms with Gasteiger partial charge in [0, 0.05) is 22.3 Å². The molecule has 0 amide bonds. The van der Waals surface area contributed by atoms with E-state index < -0.39 is 18.1 Å². The van der Waals surface area contributed by atoms with Gasteiger partial charge in [-0.1, -0.05) is 152 Å². The minimum Gasteiger partial charge on any atom is -0.469 e. The largest absolute Gasteiger partial charge is 0.469 e. The first-order valence-corrected chi connectivity index (χ1v) is 14.9. The summed E-state index contributed by atoms with van der Waals surface area (Å²) in [4.78, 5) is 12.9. The van der Waals surface area contributed by atoms with Crippen molar-refractivity contribution in [2.24, 2.45) is 15.3 Å². The Balaban J connectivity index is 1.58. The fourth-order valence-corrected chi connectivity index (χ4v) is 5.27. The summed E-state index contributed by atoms with van der Waals surface area (Å²) in [6.45, 7) is 0. The number of nitrogens with zero attached hydrogens (tertiary/aromatic N) is 4. The van der Waals surface area contributed by atoms with Crippen LogP contribution in [0.15, 0.2) is 173 Å². The Labute approximate surface area is 268 Å². The van der Waals surface area contributed by atoms with E-state index in [4.69, 9.17) is 14.9 Å². The first-order valence-electron chi connectivity index (χ1n) is 14.9. The summed E-state index contributed by atoms with van der Waals surface area (Å²) < 4.78 is 5.07. The molecule has 1 N–H and O–H groups in total. The fraction of sp³-hybridized carbons (Fsp3) is 0.0769. The third-order valence-corrected chi connectivity index (χ3v) is 7.60. The van der Waals surface area contributed by atoms with E-state index in [1.165, 1.54) is 12.1 Å². The first kappa shape index (κ1) is 30.1. The van der Waals surface area contributed by atoms with Crippen LogP contribution in [0, 0.1) is 0 Å². The number of hydrogen-bond acceptors (Lipinski definition) is 7. The van der Waals surface area contributed by atoms with E-state index in [9.17, 15) is 9.90 Å². The predicted octanol–water partition coefficient (Wildman–Crippen LogP) is 6.94. The minimum absolute atomic E-state index is 0.144. The van der Waals surface area contributed by atoms with Crippen LogP contribution in [0.1, 0.15) is 34.2 Å². The van der Waals surface area contributed by atoms with Crippen molar-refractivity contribution in [1.29, 1.82) is 0 Å². The lowest BCUT2D eigenvalue weighted by Crippen LogP contribution is -2.49. The molecule has 0 aromatic heterocycles. The van der Waals surface area contributed by atoms with Gasteiger partial charge in [0.2, 0.25) is 5.72 Å². The van der Waals surface area contributed by atoms with Gasteiger partial charge in [-0.3, -0.25) is 4.79 Å². The molecule has 0 saturated carbocycles. The molecule has 5 aromatic carbocycles. The van der Waals surface area contributed by atoms with Crippen molar-refractivity contribution in [3.05, 3.63) is 186 Å². The molecule has 0 radical (unpaired) electrons. The van der Waals surface area contributed by atoms with E-state index in [-0.39, 0.29) is 5.71 Å². The molecule has 1 atom stereocenters. The number of carbonyl (C=O) groups is 1. The highest BCUT2D eigenvalue weighted by atomic mass is 16.5. The zero-order chi connectivity index (χ0) is 31.8. The maximum atomic E-state index is 12.9. The highest BCUT2D eigenvalue weighted by molar-refractivity contribution is 6.16. The van der Waals surface area contributed by atoms with Gasteiger partial charge in [-0.2, -0.15) is 5.10 Å². The van der Waals surface area contributed by atoms with Crippen molar-refractivity contribution in [2.45, 2.75) is 12.1 Å². The maximum Gasteiger partial charge on any atom is 0.310 e. The first-order chi connectivity index (χ1) is 22.6. The minimum atomic E-state index is -2.03. The van der Waals surface area contributed by atoms with Crippen molar-refractivity contribution in [1.82, 2.24) is 5.01 Å². The average molecular weight is 605 g/mol. The van der Waals surface area contributed by atoms with E-state index in [2.05, 4.69) is 5.10 Å². The van der Waals surface area contributed by atoms with Gasteiger partial charge < -0.3 is 9.84 Å². The van der Waals surface area contributed by atoms with E-state index in [0.717, 1.165) is 27.8 Å². The predicted molar refractivity (Wildman–Crippen MR) is 182 cm³/mol. The number of esters is 1. The van der Waals surface area contributed by atoms with E-state index >= 15 is 0 Å². The van der Waals surface area contributed by atoms with Gasteiger partial charge in [-0.15, -0.1) is 10.2 Å². The van der Waals surface area contributed by atoms with Crippen LogP contribution in [-0.4, -0.2) is 46.1 Å². The van der Waals surface area contributed by atoms with Crippen molar-refractivity contribution < 1.29 is 14.6 Å². The molecule has 7 nitrogen and oxygen atoms in total. The Morgan fingerprint density at radius 3 is 1.50 bits per heavy atom. The summed E-state index contributed by atoms with van der Waals surface area (Å²) in [5, 5.41) is 28.5. The van der Waals surface area contributed by atoms with Crippen LogP contribution >= 0.6 is 0 Å². The highest BCUT2D eigenvalue weighted by Crippen LogP contribution is 2.38. The topological polar surface area (TPSA) is 86.8 Å². The van der Waals surface area contributed by atoms with Gasteiger partial charge in [0.05, 0.1) is 18.5 Å². The molecular formula is C39H32N4O3. The molecule has 5 aromatic rings. The number of methoxy groups -OCH3 is 1. The third kappa shape index (κ3) is 6.45. The molecule has 6 rings (SSSR count). The SMILES string of the molecule is COC(=O)CC1(O)C(=NN=C(c2ccccc2)c2ccccc2)C=C(c2ccccc2)N1N=C(c1ccccc1)c1ccccc1.